The van der Waals surface area contributed by atoms with E-state index < -0.39 is 10.0 Å². The molecule has 180 valence electrons. The maximum Gasteiger partial charge on any atom is 0.208 e. The van der Waals surface area contributed by atoms with Crippen molar-refractivity contribution in [1.29, 1.82) is 0 Å². The van der Waals surface area contributed by atoms with Gasteiger partial charge in [-0.1, -0.05) is 19.9 Å². The highest BCUT2D eigenvalue weighted by Gasteiger charge is 2.29. The molecule has 4 aromatic rings. The predicted molar refractivity (Wildman–Crippen MR) is 136 cm³/mol. The number of hydrogen-bond donors (Lipinski definition) is 2. The van der Waals surface area contributed by atoms with E-state index in [9.17, 15) is 8.42 Å². The van der Waals surface area contributed by atoms with Crippen LogP contribution in [0.4, 0.5) is 0 Å². The van der Waals surface area contributed by atoms with Crippen LogP contribution in [-0.4, -0.2) is 65.3 Å². The van der Waals surface area contributed by atoms with Gasteiger partial charge in [-0.05, 0) is 54.2 Å². The van der Waals surface area contributed by atoms with E-state index in [0.29, 0.717) is 18.4 Å². The fourth-order valence-corrected chi connectivity index (χ4v) is 5.56. The molecule has 1 saturated heterocycles. The summed E-state index contributed by atoms with van der Waals surface area (Å²) in [5.74, 6) is 0.821. The van der Waals surface area contributed by atoms with Gasteiger partial charge < -0.3 is 9.88 Å². The molecular weight excluding hydrogens is 448 g/mol. The Kier molecular flexibility index (Phi) is 5.74. The summed E-state index contributed by atoms with van der Waals surface area (Å²) in [4.78, 5) is 10.4. The van der Waals surface area contributed by atoms with Crippen LogP contribution in [0.15, 0.2) is 30.7 Å². The Hall–Kier alpha value is -2.75. The van der Waals surface area contributed by atoms with Crippen molar-refractivity contribution < 1.29 is 8.42 Å². The summed E-state index contributed by atoms with van der Waals surface area (Å²) in [6.07, 6.45) is 4.88. The Bertz CT molecular complexity index is 1480. The van der Waals surface area contributed by atoms with Gasteiger partial charge in [-0.25, -0.2) is 22.6 Å². The first kappa shape index (κ1) is 23.0. The Morgan fingerprint density at radius 2 is 1.97 bits per heavy atom. The highest BCUT2D eigenvalue weighted by Crippen LogP contribution is 2.39. The molecule has 1 aliphatic rings. The van der Waals surface area contributed by atoms with Crippen LogP contribution in [0.1, 0.15) is 47.9 Å². The maximum atomic E-state index is 11.3. The lowest BCUT2D eigenvalue weighted by atomic mass is 9.88. The number of pyridine rings is 1. The third-order valence-corrected chi connectivity index (χ3v) is 7.79. The van der Waals surface area contributed by atoms with Crippen molar-refractivity contribution in [2.75, 3.05) is 32.4 Å². The lowest BCUT2D eigenvalue weighted by molar-refractivity contribution is 0.152. The number of aryl methyl sites for hydroxylation is 1. The fourth-order valence-electron chi connectivity index (χ4n) is 5.10. The third kappa shape index (κ3) is 4.12. The summed E-state index contributed by atoms with van der Waals surface area (Å²) in [7, 11) is -3.13. The molecule has 0 bridgehead atoms. The van der Waals surface area contributed by atoms with Crippen molar-refractivity contribution in [3.63, 3.8) is 0 Å². The molecule has 0 amide bonds. The molecule has 2 N–H and O–H groups in total. The van der Waals surface area contributed by atoms with Crippen molar-refractivity contribution >= 4 is 26.6 Å². The summed E-state index contributed by atoms with van der Waals surface area (Å²) in [5, 5.41) is 5.66. The van der Waals surface area contributed by atoms with Gasteiger partial charge in [-0.15, -0.1) is 0 Å². The zero-order valence-electron chi connectivity index (χ0n) is 20.4. The molecule has 1 aliphatic heterocycles. The van der Waals surface area contributed by atoms with Crippen LogP contribution in [0.2, 0.25) is 0 Å². The van der Waals surface area contributed by atoms with Crippen LogP contribution in [0.25, 0.3) is 27.8 Å². The molecule has 9 heteroatoms. The van der Waals surface area contributed by atoms with Gasteiger partial charge in [-0.2, -0.15) is 5.10 Å². The molecule has 1 aromatic carbocycles. The van der Waals surface area contributed by atoms with Gasteiger partial charge in [-0.3, -0.25) is 0 Å². The Morgan fingerprint density at radius 3 is 2.68 bits per heavy atom. The molecule has 3 aromatic heterocycles. The van der Waals surface area contributed by atoms with Crippen molar-refractivity contribution in [3.05, 3.63) is 53.0 Å². The van der Waals surface area contributed by atoms with Crippen molar-refractivity contribution in [3.8, 4) is 11.3 Å². The molecule has 8 nitrogen and oxygen atoms in total. The minimum atomic E-state index is -3.13. The summed E-state index contributed by atoms with van der Waals surface area (Å²) in [6, 6.07) is 6.77. The van der Waals surface area contributed by atoms with E-state index in [-0.39, 0.29) is 0 Å². The van der Waals surface area contributed by atoms with Gasteiger partial charge in [0.1, 0.15) is 6.33 Å². The van der Waals surface area contributed by atoms with Crippen LogP contribution in [-0.2, 0) is 10.0 Å². The first-order chi connectivity index (χ1) is 16.1. The summed E-state index contributed by atoms with van der Waals surface area (Å²) >= 11 is 0. The van der Waals surface area contributed by atoms with Crippen LogP contribution >= 0.6 is 0 Å². The van der Waals surface area contributed by atoms with Crippen molar-refractivity contribution in [2.45, 2.75) is 39.5 Å². The molecule has 0 atom stereocenters. The van der Waals surface area contributed by atoms with Gasteiger partial charge in [0.2, 0.25) is 10.0 Å². The number of nitrogens with one attached hydrogen (secondary N) is 2. The molecule has 0 saturated carbocycles. The highest BCUT2D eigenvalue weighted by atomic mass is 32.2. The molecule has 34 heavy (non-hydrogen) atoms. The molecule has 0 unspecified atom stereocenters. The molecular formula is C25H32N6O2S. The van der Waals surface area contributed by atoms with E-state index in [1.54, 1.807) is 6.33 Å². The van der Waals surface area contributed by atoms with E-state index in [0.717, 1.165) is 47.6 Å². The number of benzene rings is 1. The number of nitrogens with zero attached hydrogens (tertiary/aromatic N) is 4. The highest BCUT2D eigenvalue weighted by molar-refractivity contribution is 7.88. The lowest BCUT2D eigenvalue weighted by Gasteiger charge is -2.39. The van der Waals surface area contributed by atoms with E-state index in [1.165, 1.54) is 28.3 Å². The number of aromatic amines is 1. The average molecular weight is 481 g/mol. The summed E-state index contributed by atoms with van der Waals surface area (Å²) < 4.78 is 27.0. The van der Waals surface area contributed by atoms with Gasteiger partial charge in [0, 0.05) is 54.8 Å². The second-order valence-corrected chi connectivity index (χ2v) is 11.7. The SMILES string of the molecule is Cc1c(-c2[nH]c3ccc(C4CN(CCNS(C)(=O)=O)C4)cc3c2C(C)C)cn2ncnc2c1C. The number of fused-ring (bicyclic) bond motifs is 2. The molecule has 0 aliphatic carbocycles. The minimum Gasteiger partial charge on any atom is -0.354 e. The van der Waals surface area contributed by atoms with E-state index in [2.05, 4.69) is 76.8 Å². The summed E-state index contributed by atoms with van der Waals surface area (Å²) in [6.45, 7) is 11.8. The normalized spacial score (nSPS) is 15.6. The number of H-pyrrole nitrogens is 1. The average Bonchev–Trinajstić information content (AvgIpc) is 3.35. The maximum absolute atomic E-state index is 11.3. The first-order valence-corrected chi connectivity index (χ1v) is 13.6. The standard InChI is InChI=1S/C25H32N6O2S/c1-15(2)23-20-10-18(19-11-30(12-19)9-8-28-34(5,32)33)6-7-22(20)29-24(23)21-13-31-25(26-14-27-31)17(4)16(21)3/h6-7,10,13-15,19,28-29H,8-9,11-12H2,1-5H3. The molecule has 0 spiro atoms. The quantitative estimate of drug-likeness (QED) is 0.422. The zero-order chi connectivity index (χ0) is 24.2. The second kappa shape index (κ2) is 8.48. The van der Waals surface area contributed by atoms with Crippen LogP contribution < -0.4 is 4.72 Å². The van der Waals surface area contributed by atoms with Crippen molar-refractivity contribution in [1.82, 2.24) is 29.2 Å². The molecule has 0 radical (unpaired) electrons. The second-order valence-electron chi connectivity index (χ2n) is 9.82. The van der Waals surface area contributed by atoms with Gasteiger partial charge in [0.05, 0.1) is 11.9 Å². The minimum absolute atomic E-state index is 0.352. The number of aromatic nitrogens is 4. The first-order valence-electron chi connectivity index (χ1n) is 11.7. The largest absolute Gasteiger partial charge is 0.354 e. The molecule has 4 heterocycles. The Labute approximate surface area is 200 Å². The van der Waals surface area contributed by atoms with E-state index in [1.807, 2.05) is 4.52 Å². The monoisotopic (exact) mass is 480 g/mol. The van der Waals surface area contributed by atoms with Crippen LogP contribution in [0, 0.1) is 13.8 Å². The Morgan fingerprint density at radius 1 is 1.21 bits per heavy atom. The van der Waals surface area contributed by atoms with Gasteiger partial charge >= 0.3 is 0 Å². The molecule has 5 rings (SSSR count). The number of hydrogen-bond acceptors (Lipinski definition) is 5. The molecule has 1 fully saturated rings. The van der Waals surface area contributed by atoms with Crippen LogP contribution in [0.3, 0.4) is 0 Å². The topological polar surface area (TPSA) is 95.4 Å². The van der Waals surface area contributed by atoms with Crippen molar-refractivity contribution in [2.24, 2.45) is 0 Å². The third-order valence-electron chi connectivity index (χ3n) is 7.06. The summed E-state index contributed by atoms with van der Waals surface area (Å²) in [5.41, 5.74) is 9.38. The van der Waals surface area contributed by atoms with Gasteiger partial charge in [0.15, 0.2) is 5.65 Å². The van der Waals surface area contributed by atoms with E-state index in [4.69, 9.17) is 0 Å². The number of likely N-dealkylation sites (tertiary alicyclic amines) is 1. The zero-order valence-corrected chi connectivity index (χ0v) is 21.2. The number of sulfonamides is 1. The van der Waals surface area contributed by atoms with E-state index >= 15 is 0 Å². The predicted octanol–water partition coefficient (Wildman–Crippen LogP) is 3.57. The fraction of sp³-hybridized carbons (Fsp3) is 0.440. The Balaban J connectivity index is 1.46. The van der Waals surface area contributed by atoms with Crippen LogP contribution in [0.5, 0.6) is 0 Å². The van der Waals surface area contributed by atoms with Gasteiger partial charge in [0.25, 0.3) is 0 Å². The number of rotatable bonds is 7. The lowest BCUT2D eigenvalue weighted by Crippen LogP contribution is -2.47. The smallest absolute Gasteiger partial charge is 0.208 e.